The molecule has 0 radical (unpaired) electrons. The first-order chi connectivity index (χ1) is 33.5. The number of nitrogen functional groups attached to an aromatic ring is 1. The molecule has 0 aliphatic carbocycles. The van der Waals surface area contributed by atoms with Crippen LogP contribution in [0.3, 0.4) is 0 Å². The molecule has 0 bridgehead atoms. The van der Waals surface area contributed by atoms with E-state index in [9.17, 15) is 48.6 Å². The highest BCUT2D eigenvalue weighted by Gasteiger charge is 2.46. The van der Waals surface area contributed by atoms with Crippen molar-refractivity contribution in [2.75, 3.05) is 25.6 Å². The van der Waals surface area contributed by atoms with Gasteiger partial charge in [-0.1, -0.05) is 153 Å². The van der Waals surface area contributed by atoms with Crippen molar-refractivity contribution >= 4 is 33.4 Å². The first kappa shape index (κ1) is 62.8. The summed E-state index contributed by atoms with van der Waals surface area (Å²) in [6.07, 6.45) is 28.0. The molecular formula is C49H83N3O16P2. The molecule has 19 nitrogen and oxygen atoms in total. The Morgan fingerprint density at radius 2 is 1.46 bits per heavy atom. The maximum absolute atomic E-state index is 12.8. The van der Waals surface area contributed by atoms with E-state index in [1.54, 1.807) is 12.2 Å². The van der Waals surface area contributed by atoms with Crippen molar-refractivity contribution in [2.45, 2.75) is 199 Å². The summed E-state index contributed by atoms with van der Waals surface area (Å²) in [6, 6.07) is 1.24. The summed E-state index contributed by atoms with van der Waals surface area (Å²) in [5.74, 6) is -0.610. The number of unbranched alkanes of at least 4 members (excludes halogenated alkanes) is 13. The highest BCUT2D eigenvalue weighted by Crippen LogP contribution is 2.60. The van der Waals surface area contributed by atoms with Crippen LogP contribution in [0.2, 0.25) is 0 Å². The van der Waals surface area contributed by atoms with Crippen molar-refractivity contribution in [3.63, 3.8) is 0 Å². The number of carbonyl (C=O) groups excluding carboxylic acids is 2. The zero-order chi connectivity index (χ0) is 51.6. The number of aromatic nitrogens is 2. The molecule has 7 N–H and O–H groups in total. The number of hydrogen-bond donors (Lipinski definition) is 6. The molecule has 9 atom stereocenters. The van der Waals surface area contributed by atoms with Gasteiger partial charge in [0.15, 0.2) is 12.3 Å². The van der Waals surface area contributed by atoms with E-state index >= 15 is 0 Å². The van der Waals surface area contributed by atoms with Crippen molar-refractivity contribution in [1.29, 1.82) is 0 Å². The average molecular weight is 1030 g/mol. The van der Waals surface area contributed by atoms with Crippen molar-refractivity contribution in [3.8, 4) is 0 Å². The van der Waals surface area contributed by atoms with Gasteiger partial charge in [-0.3, -0.25) is 23.2 Å². The Bertz CT molecular complexity index is 1890. The molecule has 400 valence electrons. The van der Waals surface area contributed by atoms with E-state index in [2.05, 4.69) is 36.1 Å². The second-order valence-electron chi connectivity index (χ2n) is 17.8. The molecule has 1 fully saturated rings. The molecule has 2 rings (SSSR count). The molecule has 0 saturated carbocycles. The Morgan fingerprint density at radius 3 is 2.14 bits per heavy atom. The van der Waals surface area contributed by atoms with E-state index in [1.165, 1.54) is 63.9 Å². The molecule has 1 aromatic heterocycles. The molecule has 2 heterocycles. The molecule has 70 heavy (non-hydrogen) atoms. The highest BCUT2D eigenvalue weighted by molar-refractivity contribution is 7.61. The van der Waals surface area contributed by atoms with Crippen LogP contribution < -0.4 is 11.4 Å². The van der Waals surface area contributed by atoms with Crippen LogP contribution in [0, 0.1) is 5.92 Å². The number of esters is 2. The average Bonchev–Trinajstić information content (AvgIpc) is 3.59. The van der Waals surface area contributed by atoms with E-state index in [0.29, 0.717) is 32.1 Å². The molecule has 1 aromatic rings. The molecule has 0 aromatic carbocycles. The summed E-state index contributed by atoms with van der Waals surface area (Å²) >= 11 is 0. The molecule has 1 saturated heterocycles. The summed E-state index contributed by atoms with van der Waals surface area (Å²) in [6.45, 7) is 4.30. The second kappa shape index (κ2) is 36.6. The third-order valence-electron chi connectivity index (χ3n) is 11.5. The number of rotatable bonds is 40. The van der Waals surface area contributed by atoms with Gasteiger partial charge in [0.1, 0.15) is 30.7 Å². The van der Waals surface area contributed by atoms with Crippen LogP contribution in [0.5, 0.6) is 0 Å². The molecule has 1 aliphatic heterocycles. The number of carbonyl (C=O) groups is 2. The quantitative estimate of drug-likeness (QED) is 0.0117. The lowest BCUT2D eigenvalue weighted by Crippen LogP contribution is -2.36. The summed E-state index contributed by atoms with van der Waals surface area (Å²) < 4.78 is 56.6. The zero-order valence-corrected chi connectivity index (χ0v) is 43.4. The predicted molar refractivity (Wildman–Crippen MR) is 267 cm³/mol. The van der Waals surface area contributed by atoms with E-state index in [4.69, 9.17) is 29.0 Å². The maximum Gasteiger partial charge on any atom is 0.481 e. The summed E-state index contributed by atoms with van der Waals surface area (Å²) in [5, 5.41) is 31.0. The van der Waals surface area contributed by atoms with E-state index < -0.39 is 89.8 Å². The van der Waals surface area contributed by atoms with Gasteiger partial charge in [-0.15, -0.1) is 0 Å². The standard InChI is InChI=1S/C49H83N3O16P2/c1-4-6-7-8-20-25-30-40(53)31-26-21-16-13-14-18-23-28-33-45(55)66-41(36-63-44(54)32-27-22-17-12-10-9-11-15-19-24-29-39(3)5-2)37-64-69(59,60)68-70(61,62)65-38-42-46(56)47(57)48(67-42)52-35-34-43(50)51-49(52)58/h14,16,18,20-21,25-26,31,34-35,39-42,46-48,53,56-57H,4-13,15,17,19,22-24,27-30,32-33,36-38H2,1-3H3,(H,59,60)(H,61,62)(H2,50,51,58)/b18-14-,21-16-,25-20-,31-26+/t39?,40-,41+,42+,46+,47+,48+/m0/s1. The summed E-state index contributed by atoms with van der Waals surface area (Å²) in [4.78, 5) is 61.8. The maximum atomic E-state index is 12.8. The number of phosphoric acid groups is 2. The van der Waals surface area contributed by atoms with Crippen LogP contribution in [0.4, 0.5) is 5.82 Å². The van der Waals surface area contributed by atoms with Gasteiger partial charge >= 0.3 is 33.3 Å². The zero-order valence-electron chi connectivity index (χ0n) is 41.6. The largest absolute Gasteiger partial charge is 0.481 e. The third-order valence-corrected chi connectivity index (χ3v) is 14.1. The first-order valence-electron chi connectivity index (χ1n) is 25.2. The number of allylic oxidation sites excluding steroid dienone is 6. The normalized spacial score (nSPS) is 20.6. The van der Waals surface area contributed by atoms with Crippen LogP contribution in [0.15, 0.2) is 65.7 Å². The second-order valence-corrected chi connectivity index (χ2v) is 20.8. The van der Waals surface area contributed by atoms with E-state index in [-0.39, 0.29) is 18.7 Å². The fourth-order valence-corrected chi connectivity index (χ4v) is 9.30. The number of aliphatic hydroxyl groups is 3. The minimum atomic E-state index is -5.45. The molecule has 0 spiro atoms. The van der Waals surface area contributed by atoms with Crippen LogP contribution in [-0.4, -0.2) is 96.9 Å². The molecule has 0 amide bonds. The van der Waals surface area contributed by atoms with Crippen molar-refractivity contribution in [3.05, 3.63) is 71.4 Å². The molecule has 1 aliphatic rings. The van der Waals surface area contributed by atoms with Gasteiger partial charge in [-0.2, -0.15) is 9.29 Å². The van der Waals surface area contributed by atoms with Crippen LogP contribution in [-0.2, 0) is 46.3 Å². The van der Waals surface area contributed by atoms with Gasteiger partial charge in [-0.25, -0.2) is 13.9 Å². The minimum absolute atomic E-state index is 0.0579. The lowest BCUT2D eigenvalue weighted by Gasteiger charge is -2.21. The number of nitrogens with zero attached hydrogens (tertiary/aromatic N) is 2. The molecular weight excluding hydrogens is 948 g/mol. The fourth-order valence-electron chi connectivity index (χ4n) is 7.19. The number of nitrogens with two attached hydrogens (primary N) is 1. The fraction of sp³-hybridized carbons (Fsp3) is 0.714. The Kier molecular flexibility index (Phi) is 32.8. The number of anilines is 1. The SMILES string of the molecule is CCCCC/C=C\C[C@H](O)/C=C/C=C\C/C=C\CCCC(=O)O[C@H](COC(=O)CCCCCCCCCCCCC(C)CC)COP(=O)(O)OP(=O)(O)OC[C@H]1O[C@@H](n2ccc(N)nc2=O)[C@H](O)[C@@H]1O. The minimum Gasteiger partial charge on any atom is -0.462 e. The van der Waals surface area contributed by atoms with Crippen LogP contribution in [0.25, 0.3) is 0 Å². The molecule has 3 unspecified atom stereocenters. The van der Waals surface area contributed by atoms with Crippen molar-refractivity contribution in [2.24, 2.45) is 5.92 Å². The predicted octanol–water partition coefficient (Wildman–Crippen LogP) is 8.99. The third kappa shape index (κ3) is 29.3. The van der Waals surface area contributed by atoms with Gasteiger partial charge in [0.2, 0.25) is 0 Å². The van der Waals surface area contributed by atoms with Gasteiger partial charge in [0, 0.05) is 19.0 Å². The lowest BCUT2D eigenvalue weighted by atomic mass is 9.99. The van der Waals surface area contributed by atoms with Gasteiger partial charge in [0.05, 0.1) is 19.3 Å². The topological polar surface area (TPSA) is 286 Å². The van der Waals surface area contributed by atoms with Gasteiger partial charge in [0.25, 0.3) is 0 Å². The summed E-state index contributed by atoms with van der Waals surface area (Å²) in [7, 11) is -10.9. The van der Waals surface area contributed by atoms with E-state index in [0.717, 1.165) is 55.2 Å². The molecule has 21 heteroatoms. The highest BCUT2D eigenvalue weighted by atomic mass is 31.3. The van der Waals surface area contributed by atoms with E-state index in [1.807, 2.05) is 30.4 Å². The van der Waals surface area contributed by atoms with Crippen molar-refractivity contribution < 1.29 is 71.4 Å². The first-order valence-corrected chi connectivity index (χ1v) is 28.1. The Morgan fingerprint density at radius 1 is 0.814 bits per heavy atom. The Labute approximate surface area is 414 Å². The number of aliphatic hydroxyl groups excluding tert-OH is 3. The van der Waals surface area contributed by atoms with Gasteiger partial charge < -0.3 is 45.1 Å². The Balaban J connectivity index is 1.86. The number of phosphoric ester groups is 2. The van der Waals surface area contributed by atoms with Crippen molar-refractivity contribution in [1.82, 2.24) is 9.55 Å². The lowest BCUT2D eigenvalue weighted by molar-refractivity contribution is -0.161. The number of ether oxygens (including phenoxy) is 3. The summed E-state index contributed by atoms with van der Waals surface area (Å²) in [5.41, 5.74) is 4.57. The Hall–Kier alpha value is -3.32. The monoisotopic (exact) mass is 1030 g/mol. The smallest absolute Gasteiger partial charge is 0.462 e. The van der Waals surface area contributed by atoms with Crippen LogP contribution >= 0.6 is 15.6 Å². The number of hydrogen-bond acceptors (Lipinski definition) is 16. The van der Waals surface area contributed by atoms with Crippen LogP contribution in [0.1, 0.15) is 168 Å². The van der Waals surface area contributed by atoms with Gasteiger partial charge in [-0.05, 0) is 56.9 Å².